The van der Waals surface area contributed by atoms with Crippen LogP contribution >= 0.6 is 0 Å². The zero-order chi connectivity index (χ0) is 25.7. The minimum atomic E-state index is -0.161. The van der Waals surface area contributed by atoms with Crippen LogP contribution in [0.25, 0.3) is 0 Å². The maximum absolute atomic E-state index is 12.8. The Labute approximate surface area is 213 Å². The third kappa shape index (κ3) is 6.46. The number of ether oxygens (including phenoxy) is 2. The molecular formula is C29H37N3O4. The number of aromatic nitrogens is 1. The predicted octanol–water partition coefficient (Wildman–Crippen LogP) is 5.29. The summed E-state index contributed by atoms with van der Waals surface area (Å²) < 4.78 is 16.6. The number of carbonyl (C=O) groups excluding carboxylic acids is 1. The highest BCUT2D eigenvalue weighted by Gasteiger charge is 2.21. The molecule has 7 heteroatoms. The molecule has 2 unspecified atom stereocenters. The van der Waals surface area contributed by atoms with Gasteiger partial charge in [0.1, 0.15) is 12.4 Å². The number of aryl methyl sites for hydroxylation is 2. The molecule has 1 aromatic heterocycles. The average molecular weight is 492 g/mol. The van der Waals surface area contributed by atoms with Gasteiger partial charge in [0.15, 0.2) is 11.5 Å². The molecule has 0 spiro atoms. The third-order valence-corrected chi connectivity index (χ3v) is 6.81. The topological polar surface area (TPSA) is 76.8 Å². The molecule has 1 aliphatic rings. The Balaban J connectivity index is 1.31. The summed E-state index contributed by atoms with van der Waals surface area (Å²) in [4.78, 5) is 15.3. The highest BCUT2D eigenvalue weighted by molar-refractivity contribution is 5.94. The molecule has 2 aromatic carbocycles. The fraction of sp³-hybridized carbons (Fsp3) is 0.448. The summed E-state index contributed by atoms with van der Waals surface area (Å²) in [6, 6.07) is 13.7. The van der Waals surface area contributed by atoms with Gasteiger partial charge in [0.2, 0.25) is 0 Å². The van der Waals surface area contributed by atoms with Gasteiger partial charge in [-0.25, -0.2) is 0 Å². The number of hydrogen-bond donors (Lipinski definition) is 1. The monoisotopic (exact) mass is 491 g/mol. The molecule has 0 bridgehead atoms. The second-order valence-electron chi connectivity index (χ2n) is 10.1. The number of likely N-dealkylation sites (tertiary alicyclic amines) is 1. The van der Waals surface area contributed by atoms with E-state index in [1.807, 2.05) is 13.8 Å². The molecule has 4 rings (SSSR count). The molecular weight excluding hydrogens is 454 g/mol. The van der Waals surface area contributed by atoms with E-state index in [1.54, 1.807) is 25.3 Å². The van der Waals surface area contributed by atoms with E-state index in [0.717, 1.165) is 54.1 Å². The van der Waals surface area contributed by atoms with Gasteiger partial charge in [-0.05, 0) is 61.4 Å². The number of amides is 1. The van der Waals surface area contributed by atoms with Crippen LogP contribution in [0.3, 0.4) is 0 Å². The summed E-state index contributed by atoms with van der Waals surface area (Å²) in [7, 11) is 1.56. The molecule has 36 heavy (non-hydrogen) atoms. The van der Waals surface area contributed by atoms with Crippen LogP contribution in [0.1, 0.15) is 58.8 Å². The number of carbonyl (C=O) groups is 1. The lowest BCUT2D eigenvalue weighted by atomic mass is 9.91. The van der Waals surface area contributed by atoms with Crippen LogP contribution in [0.2, 0.25) is 0 Å². The Bertz CT molecular complexity index is 1140. The summed E-state index contributed by atoms with van der Waals surface area (Å²) in [5.74, 6) is 3.13. The van der Waals surface area contributed by atoms with Crippen LogP contribution in [0.5, 0.6) is 11.5 Å². The molecule has 0 saturated carbocycles. The van der Waals surface area contributed by atoms with Crippen molar-refractivity contribution >= 4 is 5.91 Å². The minimum absolute atomic E-state index is 0.161. The highest BCUT2D eigenvalue weighted by Crippen LogP contribution is 2.29. The van der Waals surface area contributed by atoms with Gasteiger partial charge in [-0.15, -0.1) is 0 Å². The fourth-order valence-corrected chi connectivity index (χ4v) is 5.01. The van der Waals surface area contributed by atoms with Gasteiger partial charge in [-0.2, -0.15) is 0 Å². The molecule has 0 aliphatic carbocycles. The molecule has 7 nitrogen and oxygen atoms in total. The molecule has 1 saturated heterocycles. The van der Waals surface area contributed by atoms with Gasteiger partial charge in [0, 0.05) is 31.7 Å². The Hall–Kier alpha value is -3.32. The number of rotatable bonds is 9. The van der Waals surface area contributed by atoms with E-state index in [-0.39, 0.29) is 5.91 Å². The summed E-state index contributed by atoms with van der Waals surface area (Å²) in [6.45, 7) is 12.5. The number of benzene rings is 2. The second-order valence-corrected chi connectivity index (χ2v) is 10.1. The second kappa shape index (κ2) is 11.6. The van der Waals surface area contributed by atoms with Gasteiger partial charge < -0.3 is 19.3 Å². The zero-order valence-electron chi connectivity index (χ0n) is 22.0. The number of nitrogens with one attached hydrogen (secondary N) is 1. The van der Waals surface area contributed by atoms with Crippen molar-refractivity contribution in [1.29, 1.82) is 0 Å². The first-order chi connectivity index (χ1) is 17.3. The average Bonchev–Trinajstić information content (AvgIpc) is 3.18. The number of nitrogens with zero attached hydrogens (tertiary/aromatic N) is 2. The lowest BCUT2D eigenvalue weighted by Gasteiger charge is -2.35. The third-order valence-electron chi connectivity index (χ3n) is 6.81. The predicted molar refractivity (Wildman–Crippen MR) is 139 cm³/mol. The van der Waals surface area contributed by atoms with Gasteiger partial charge in [0.05, 0.1) is 18.4 Å². The Morgan fingerprint density at radius 2 is 1.75 bits per heavy atom. The maximum Gasteiger partial charge on any atom is 0.251 e. The summed E-state index contributed by atoms with van der Waals surface area (Å²) in [5, 5.41) is 6.95. The van der Waals surface area contributed by atoms with Gasteiger partial charge in [0.25, 0.3) is 5.91 Å². The first kappa shape index (κ1) is 25.8. The van der Waals surface area contributed by atoms with E-state index in [9.17, 15) is 4.79 Å². The molecule has 3 aromatic rings. The van der Waals surface area contributed by atoms with Gasteiger partial charge in [-0.1, -0.05) is 43.3 Å². The maximum atomic E-state index is 12.8. The van der Waals surface area contributed by atoms with E-state index in [2.05, 4.69) is 53.5 Å². The van der Waals surface area contributed by atoms with Crippen molar-refractivity contribution in [3.05, 3.63) is 76.2 Å². The van der Waals surface area contributed by atoms with Crippen LogP contribution in [-0.2, 0) is 19.7 Å². The van der Waals surface area contributed by atoms with Crippen LogP contribution in [0, 0.1) is 25.7 Å². The SMILES string of the molecule is COc1cc(C(=O)NCc2ccc(CN3CC(C)CC(C)C3)cc2)ccc1OCc1c(C)noc1C. The smallest absolute Gasteiger partial charge is 0.251 e. The van der Waals surface area contributed by atoms with Crippen LogP contribution < -0.4 is 14.8 Å². The Kier molecular flexibility index (Phi) is 8.31. The zero-order valence-corrected chi connectivity index (χ0v) is 22.0. The van der Waals surface area contributed by atoms with E-state index in [0.29, 0.717) is 30.2 Å². The molecule has 1 aliphatic heterocycles. The van der Waals surface area contributed by atoms with E-state index in [4.69, 9.17) is 14.0 Å². The number of piperidine rings is 1. The Morgan fingerprint density at radius 1 is 1.06 bits per heavy atom. The van der Waals surface area contributed by atoms with Gasteiger partial charge in [-0.3, -0.25) is 9.69 Å². The number of hydrogen-bond acceptors (Lipinski definition) is 6. The summed E-state index contributed by atoms with van der Waals surface area (Å²) in [5.41, 5.74) is 4.60. The van der Waals surface area contributed by atoms with Crippen molar-refractivity contribution in [2.45, 2.75) is 53.8 Å². The van der Waals surface area contributed by atoms with Crippen molar-refractivity contribution in [3.63, 3.8) is 0 Å². The molecule has 1 amide bonds. The van der Waals surface area contributed by atoms with Crippen molar-refractivity contribution in [2.24, 2.45) is 11.8 Å². The summed E-state index contributed by atoms with van der Waals surface area (Å²) in [6.07, 6.45) is 1.32. The fourth-order valence-electron chi connectivity index (χ4n) is 5.01. The first-order valence-electron chi connectivity index (χ1n) is 12.6. The lowest BCUT2D eigenvalue weighted by molar-refractivity contribution is 0.0950. The van der Waals surface area contributed by atoms with Crippen molar-refractivity contribution in [3.8, 4) is 11.5 Å². The van der Waals surface area contributed by atoms with E-state index < -0.39 is 0 Å². The normalized spacial score (nSPS) is 18.1. The molecule has 1 fully saturated rings. The lowest BCUT2D eigenvalue weighted by Crippen LogP contribution is -2.38. The van der Waals surface area contributed by atoms with Crippen LogP contribution in [0.15, 0.2) is 47.0 Å². The van der Waals surface area contributed by atoms with Crippen LogP contribution in [-0.4, -0.2) is 36.2 Å². The Morgan fingerprint density at radius 3 is 2.39 bits per heavy atom. The van der Waals surface area contributed by atoms with Crippen LogP contribution in [0.4, 0.5) is 0 Å². The first-order valence-corrected chi connectivity index (χ1v) is 12.6. The van der Waals surface area contributed by atoms with Crippen molar-refractivity contribution in [1.82, 2.24) is 15.4 Å². The molecule has 0 radical (unpaired) electrons. The minimum Gasteiger partial charge on any atom is -0.493 e. The van der Waals surface area contributed by atoms with Gasteiger partial charge >= 0.3 is 0 Å². The van der Waals surface area contributed by atoms with E-state index in [1.165, 1.54) is 12.0 Å². The van der Waals surface area contributed by atoms with E-state index >= 15 is 0 Å². The summed E-state index contributed by atoms with van der Waals surface area (Å²) >= 11 is 0. The number of methoxy groups -OCH3 is 1. The quantitative estimate of drug-likeness (QED) is 0.438. The molecule has 1 N–H and O–H groups in total. The standard InChI is InChI=1S/C29H37N3O4/c1-19-12-20(2)16-32(15-19)17-24-8-6-23(7-9-24)14-30-29(33)25-10-11-27(28(13-25)34-5)35-18-26-21(3)31-36-22(26)4/h6-11,13,19-20H,12,14-18H2,1-5H3,(H,30,33). The van der Waals surface area contributed by atoms with Crippen molar-refractivity contribution < 1.29 is 18.8 Å². The molecule has 2 atom stereocenters. The molecule has 2 heterocycles. The molecule has 192 valence electrons. The highest BCUT2D eigenvalue weighted by atomic mass is 16.5. The van der Waals surface area contributed by atoms with Crippen molar-refractivity contribution in [2.75, 3.05) is 20.2 Å². The largest absolute Gasteiger partial charge is 0.493 e.